The van der Waals surface area contributed by atoms with E-state index in [0.29, 0.717) is 28.7 Å². The fourth-order valence-corrected chi connectivity index (χ4v) is 4.05. The molecule has 2 fully saturated rings. The minimum absolute atomic E-state index is 0. The van der Waals surface area contributed by atoms with Crippen LogP contribution in [0.3, 0.4) is 0 Å². The molecule has 1 atom stereocenters. The Balaban J connectivity index is 0.00000196. The van der Waals surface area contributed by atoms with Crippen LogP contribution < -0.4 is 10.6 Å². The van der Waals surface area contributed by atoms with Gasteiger partial charge >= 0.3 is 0 Å². The van der Waals surface area contributed by atoms with Gasteiger partial charge in [-0.15, -0.1) is 17.5 Å². The second-order valence-corrected chi connectivity index (χ2v) is 7.92. The molecule has 0 bridgehead atoms. The van der Waals surface area contributed by atoms with Gasteiger partial charge in [-0.3, -0.25) is 4.79 Å². The lowest BCUT2D eigenvalue weighted by Crippen LogP contribution is -2.39. The van der Waals surface area contributed by atoms with Crippen LogP contribution in [0.4, 0.5) is 5.69 Å². The third-order valence-electron chi connectivity index (χ3n) is 4.32. The summed E-state index contributed by atoms with van der Waals surface area (Å²) >= 11 is 8.21. The first-order valence-electron chi connectivity index (χ1n) is 8.40. The number of hydrogen-bond acceptors (Lipinski definition) is 6. The molecule has 1 aliphatic heterocycles. The molecule has 7 nitrogen and oxygen atoms in total. The number of halogens is 2. The number of nitrogens with zero attached hydrogens (tertiary/aromatic N) is 4. The normalized spacial score (nSPS) is 19.7. The first-order chi connectivity index (χ1) is 12.2. The van der Waals surface area contributed by atoms with E-state index in [9.17, 15) is 4.79 Å². The standard InChI is InChI=1S/C16H19ClN6OS.ClH/c17-13-4-3-11(19-15(24)8-12-9-25-6-5-18-12)7-14(13)23-16(10-1-2-10)20-21-22-23;/h3-4,7,10,12,18H,1-2,5-6,8-9H2,(H,19,24);1H. The van der Waals surface area contributed by atoms with Gasteiger partial charge in [0.1, 0.15) is 0 Å². The largest absolute Gasteiger partial charge is 0.326 e. The number of anilines is 1. The number of amides is 1. The molecule has 4 rings (SSSR count). The zero-order valence-electron chi connectivity index (χ0n) is 14.0. The molecule has 10 heteroatoms. The summed E-state index contributed by atoms with van der Waals surface area (Å²) in [5, 5.41) is 18.8. The van der Waals surface area contributed by atoms with Crippen molar-refractivity contribution in [1.29, 1.82) is 0 Å². The van der Waals surface area contributed by atoms with Crippen LogP contribution in [0.15, 0.2) is 18.2 Å². The van der Waals surface area contributed by atoms with Crippen LogP contribution in [-0.2, 0) is 4.79 Å². The zero-order valence-corrected chi connectivity index (χ0v) is 16.4. The number of tetrazole rings is 1. The Morgan fingerprint density at radius 1 is 1.42 bits per heavy atom. The third-order valence-corrected chi connectivity index (χ3v) is 5.77. The molecular weight excluding hydrogens is 395 g/mol. The van der Waals surface area contributed by atoms with Gasteiger partial charge in [-0.05, 0) is 41.5 Å². The van der Waals surface area contributed by atoms with Gasteiger partial charge in [-0.25, -0.2) is 0 Å². The van der Waals surface area contributed by atoms with Crippen molar-refractivity contribution >= 4 is 47.4 Å². The van der Waals surface area contributed by atoms with Gasteiger partial charge in [0, 0.05) is 42.1 Å². The molecule has 1 saturated carbocycles. The van der Waals surface area contributed by atoms with E-state index in [4.69, 9.17) is 11.6 Å². The number of benzene rings is 1. The molecule has 1 aromatic heterocycles. The zero-order chi connectivity index (χ0) is 17.2. The van der Waals surface area contributed by atoms with E-state index < -0.39 is 0 Å². The predicted molar refractivity (Wildman–Crippen MR) is 106 cm³/mol. The van der Waals surface area contributed by atoms with Crippen molar-refractivity contribution in [1.82, 2.24) is 25.5 Å². The summed E-state index contributed by atoms with van der Waals surface area (Å²) in [6.45, 7) is 0.955. The van der Waals surface area contributed by atoms with Crippen LogP contribution >= 0.6 is 35.8 Å². The molecule has 2 aliphatic rings. The average molecular weight is 415 g/mol. The summed E-state index contributed by atoms with van der Waals surface area (Å²) in [4.78, 5) is 12.3. The Kier molecular flexibility index (Phi) is 6.39. The number of aromatic nitrogens is 4. The Labute approximate surface area is 167 Å². The molecule has 1 amide bonds. The first kappa shape index (κ1) is 19.4. The highest BCUT2D eigenvalue weighted by Crippen LogP contribution is 2.40. The molecule has 1 aromatic carbocycles. The van der Waals surface area contributed by atoms with Crippen LogP contribution in [0.2, 0.25) is 5.02 Å². The molecule has 1 unspecified atom stereocenters. The van der Waals surface area contributed by atoms with Crippen molar-refractivity contribution in [3.05, 3.63) is 29.0 Å². The Morgan fingerprint density at radius 3 is 3.00 bits per heavy atom. The van der Waals surface area contributed by atoms with Crippen LogP contribution in [0, 0.1) is 0 Å². The molecule has 0 spiro atoms. The smallest absolute Gasteiger partial charge is 0.225 e. The Morgan fingerprint density at radius 2 is 2.27 bits per heavy atom. The summed E-state index contributed by atoms with van der Waals surface area (Å²) in [6, 6.07) is 5.62. The Hall–Kier alpha value is -1.35. The van der Waals surface area contributed by atoms with Gasteiger partial charge in [0.05, 0.1) is 10.7 Å². The highest BCUT2D eigenvalue weighted by Gasteiger charge is 2.30. The summed E-state index contributed by atoms with van der Waals surface area (Å²) in [5.74, 6) is 3.29. The molecular formula is C16H20Cl2N6OS. The molecule has 1 saturated heterocycles. The predicted octanol–water partition coefficient (Wildman–Crippen LogP) is 2.65. The van der Waals surface area contributed by atoms with Gasteiger partial charge in [0.25, 0.3) is 0 Å². The number of carbonyl (C=O) groups is 1. The summed E-state index contributed by atoms with van der Waals surface area (Å²) in [5.41, 5.74) is 1.39. The number of hydrogen-bond donors (Lipinski definition) is 2. The van der Waals surface area contributed by atoms with Crippen molar-refractivity contribution in [2.75, 3.05) is 23.4 Å². The monoisotopic (exact) mass is 414 g/mol. The average Bonchev–Trinajstić information content (AvgIpc) is 3.34. The van der Waals surface area contributed by atoms with E-state index in [0.717, 1.165) is 36.7 Å². The van der Waals surface area contributed by atoms with Crippen LogP contribution in [0.25, 0.3) is 5.69 Å². The van der Waals surface area contributed by atoms with Crippen molar-refractivity contribution in [3.63, 3.8) is 0 Å². The molecule has 140 valence electrons. The number of nitrogens with one attached hydrogen (secondary N) is 2. The molecule has 2 N–H and O–H groups in total. The van der Waals surface area contributed by atoms with Gasteiger partial charge in [-0.1, -0.05) is 11.6 Å². The van der Waals surface area contributed by atoms with Crippen LogP contribution in [0.5, 0.6) is 0 Å². The van der Waals surface area contributed by atoms with Crippen LogP contribution in [0.1, 0.15) is 31.0 Å². The maximum Gasteiger partial charge on any atom is 0.225 e. The van der Waals surface area contributed by atoms with E-state index in [1.165, 1.54) is 0 Å². The highest BCUT2D eigenvalue weighted by molar-refractivity contribution is 7.99. The van der Waals surface area contributed by atoms with Gasteiger partial charge in [0.2, 0.25) is 5.91 Å². The summed E-state index contributed by atoms with van der Waals surface area (Å²) in [6.07, 6.45) is 2.66. The van der Waals surface area contributed by atoms with E-state index in [1.807, 2.05) is 17.8 Å². The SMILES string of the molecule is Cl.O=C(CC1CSCCN1)Nc1ccc(Cl)c(-n2nnnc2C2CC2)c1. The van der Waals surface area contributed by atoms with Crippen molar-refractivity contribution in [2.45, 2.75) is 31.2 Å². The Bertz CT molecular complexity index is 776. The number of rotatable bonds is 5. The third kappa shape index (κ3) is 4.49. The fraction of sp³-hybridized carbons (Fsp3) is 0.500. The van der Waals surface area contributed by atoms with E-state index >= 15 is 0 Å². The lowest BCUT2D eigenvalue weighted by molar-refractivity contribution is -0.116. The van der Waals surface area contributed by atoms with Gasteiger partial charge in [-0.2, -0.15) is 16.4 Å². The number of thioether (sulfide) groups is 1. The quantitative estimate of drug-likeness (QED) is 0.781. The molecule has 26 heavy (non-hydrogen) atoms. The highest BCUT2D eigenvalue weighted by atomic mass is 35.5. The lowest BCUT2D eigenvalue weighted by atomic mass is 10.2. The van der Waals surface area contributed by atoms with E-state index in [2.05, 4.69) is 26.2 Å². The van der Waals surface area contributed by atoms with E-state index in [-0.39, 0.29) is 24.4 Å². The minimum atomic E-state index is -0.00703. The number of carbonyl (C=O) groups excluding carboxylic acids is 1. The topological polar surface area (TPSA) is 84.7 Å². The minimum Gasteiger partial charge on any atom is -0.326 e. The fourth-order valence-electron chi connectivity index (χ4n) is 2.90. The molecule has 1 aliphatic carbocycles. The summed E-state index contributed by atoms with van der Waals surface area (Å²) in [7, 11) is 0. The maximum absolute atomic E-state index is 12.3. The van der Waals surface area contributed by atoms with Crippen molar-refractivity contribution < 1.29 is 4.79 Å². The first-order valence-corrected chi connectivity index (χ1v) is 9.93. The van der Waals surface area contributed by atoms with Crippen molar-refractivity contribution in [2.24, 2.45) is 0 Å². The van der Waals surface area contributed by atoms with Crippen molar-refractivity contribution in [3.8, 4) is 5.69 Å². The summed E-state index contributed by atoms with van der Waals surface area (Å²) < 4.78 is 1.68. The van der Waals surface area contributed by atoms with Gasteiger partial charge in [0.15, 0.2) is 5.82 Å². The molecule has 2 aromatic rings. The van der Waals surface area contributed by atoms with Crippen LogP contribution in [-0.4, -0.2) is 50.2 Å². The second kappa shape index (κ2) is 8.56. The molecule has 0 radical (unpaired) electrons. The molecule has 2 heterocycles. The van der Waals surface area contributed by atoms with Gasteiger partial charge < -0.3 is 10.6 Å². The lowest BCUT2D eigenvalue weighted by Gasteiger charge is -2.22. The van der Waals surface area contributed by atoms with E-state index in [1.54, 1.807) is 16.8 Å². The maximum atomic E-state index is 12.3. The second-order valence-electron chi connectivity index (χ2n) is 6.37.